The van der Waals surface area contributed by atoms with Gasteiger partial charge in [0.25, 0.3) is 0 Å². The van der Waals surface area contributed by atoms with Crippen LogP contribution in [-0.2, 0) is 6.54 Å². The van der Waals surface area contributed by atoms with Crippen LogP contribution in [0, 0.1) is 11.8 Å². The summed E-state index contributed by atoms with van der Waals surface area (Å²) in [5, 5.41) is 5.95. The van der Waals surface area contributed by atoms with Crippen molar-refractivity contribution in [3.63, 3.8) is 0 Å². The van der Waals surface area contributed by atoms with E-state index in [0.29, 0.717) is 18.4 Å². The lowest BCUT2D eigenvalue weighted by Gasteiger charge is -2.23. The van der Waals surface area contributed by atoms with Gasteiger partial charge in [-0.3, -0.25) is 0 Å². The van der Waals surface area contributed by atoms with Crippen molar-refractivity contribution < 1.29 is 9.53 Å². The van der Waals surface area contributed by atoms with Gasteiger partial charge in [0.05, 0.1) is 18.8 Å². The molecule has 2 aromatic rings. The molecule has 132 valence electrons. The number of para-hydroxylation sites is 2. The minimum Gasteiger partial charge on any atom is -0.491 e. The highest BCUT2D eigenvalue weighted by Gasteiger charge is 2.28. The minimum absolute atomic E-state index is 0.0791. The van der Waals surface area contributed by atoms with Crippen molar-refractivity contribution in [3.8, 4) is 5.75 Å². The Morgan fingerprint density at radius 3 is 2.76 bits per heavy atom. The van der Waals surface area contributed by atoms with Crippen LogP contribution in [0.25, 0.3) is 0 Å². The van der Waals surface area contributed by atoms with E-state index in [4.69, 9.17) is 4.74 Å². The number of anilines is 1. The first-order valence-corrected chi connectivity index (χ1v) is 9.82. The third-order valence-corrected chi connectivity index (χ3v) is 5.34. The van der Waals surface area contributed by atoms with Gasteiger partial charge in [-0.25, -0.2) is 9.78 Å². The summed E-state index contributed by atoms with van der Waals surface area (Å²) < 4.78 is 5.90. The lowest BCUT2D eigenvalue weighted by molar-refractivity contribution is 0.206. The molecule has 6 heteroatoms. The van der Waals surface area contributed by atoms with Gasteiger partial charge in [0.1, 0.15) is 10.8 Å². The lowest BCUT2D eigenvalue weighted by Crippen LogP contribution is -2.36. The molecule has 2 fully saturated rings. The Kier molecular flexibility index (Phi) is 4.88. The molecule has 0 unspecified atom stereocenters. The molecule has 0 bridgehead atoms. The maximum absolute atomic E-state index is 12.8. The van der Waals surface area contributed by atoms with Crippen LogP contribution in [0.4, 0.5) is 10.5 Å². The number of ether oxygens (including phenoxy) is 1. The largest absolute Gasteiger partial charge is 0.491 e. The topological polar surface area (TPSA) is 54.5 Å². The molecule has 1 heterocycles. The van der Waals surface area contributed by atoms with Crippen molar-refractivity contribution in [2.24, 2.45) is 11.8 Å². The lowest BCUT2D eigenvalue weighted by atomic mass is 10.3. The molecular formula is C19H23N3O2S. The molecule has 0 aliphatic heterocycles. The predicted molar refractivity (Wildman–Crippen MR) is 98.9 cm³/mol. The van der Waals surface area contributed by atoms with E-state index < -0.39 is 0 Å². The van der Waals surface area contributed by atoms with Gasteiger partial charge in [-0.1, -0.05) is 12.1 Å². The smallest absolute Gasteiger partial charge is 0.322 e. The average Bonchev–Trinajstić information content (AvgIpc) is 3.54. The van der Waals surface area contributed by atoms with E-state index in [1.54, 1.807) is 17.5 Å². The summed E-state index contributed by atoms with van der Waals surface area (Å²) in [6, 6.07) is 7.61. The summed E-state index contributed by atoms with van der Waals surface area (Å²) in [4.78, 5) is 19.0. The molecule has 1 N–H and O–H groups in total. The second kappa shape index (κ2) is 7.44. The highest BCUT2D eigenvalue weighted by molar-refractivity contribution is 7.09. The molecular weight excluding hydrogens is 334 g/mol. The quantitative estimate of drug-likeness (QED) is 0.763. The zero-order valence-electron chi connectivity index (χ0n) is 14.2. The first-order chi connectivity index (χ1) is 12.3. The van der Waals surface area contributed by atoms with Crippen LogP contribution in [0.2, 0.25) is 0 Å². The molecule has 2 amide bonds. The van der Waals surface area contributed by atoms with Gasteiger partial charge in [-0.2, -0.15) is 0 Å². The van der Waals surface area contributed by atoms with Gasteiger partial charge >= 0.3 is 6.03 Å². The number of nitrogens with one attached hydrogen (secondary N) is 1. The molecule has 4 rings (SSSR count). The van der Waals surface area contributed by atoms with Gasteiger partial charge in [0, 0.05) is 18.1 Å². The monoisotopic (exact) mass is 357 g/mol. The maximum atomic E-state index is 12.8. The van der Waals surface area contributed by atoms with Crippen LogP contribution < -0.4 is 10.1 Å². The standard InChI is InChI=1S/C19H23N3O2S/c23-19(22(11-14-5-6-14)12-18-20-9-10-25-18)21-16-3-1-2-4-17(16)24-13-15-7-8-15/h1-4,9-10,14-15H,5-8,11-13H2,(H,21,23). The van der Waals surface area contributed by atoms with Crippen molar-refractivity contribution in [3.05, 3.63) is 40.8 Å². The zero-order chi connectivity index (χ0) is 17.1. The molecule has 2 aliphatic rings. The van der Waals surface area contributed by atoms with E-state index in [1.807, 2.05) is 34.5 Å². The Labute approximate surface area is 152 Å². The van der Waals surface area contributed by atoms with E-state index in [0.717, 1.165) is 29.6 Å². The fourth-order valence-electron chi connectivity index (χ4n) is 2.71. The van der Waals surface area contributed by atoms with Gasteiger partial charge in [-0.15, -0.1) is 11.3 Å². The number of carbonyl (C=O) groups is 1. The summed E-state index contributed by atoms with van der Waals surface area (Å²) in [6.45, 7) is 2.08. The number of urea groups is 1. The number of thiazole rings is 1. The van der Waals surface area contributed by atoms with Crippen molar-refractivity contribution >= 4 is 23.1 Å². The van der Waals surface area contributed by atoms with Crippen LogP contribution >= 0.6 is 11.3 Å². The summed E-state index contributed by atoms with van der Waals surface area (Å²) in [6.07, 6.45) is 6.70. The second-order valence-electron chi connectivity index (χ2n) is 6.93. The number of hydrogen-bond acceptors (Lipinski definition) is 4. The molecule has 0 atom stereocenters. The fraction of sp³-hybridized carbons (Fsp3) is 0.474. The summed E-state index contributed by atoms with van der Waals surface area (Å²) in [5.41, 5.74) is 0.744. The fourth-order valence-corrected chi connectivity index (χ4v) is 3.34. The molecule has 2 aliphatic carbocycles. The SMILES string of the molecule is O=C(Nc1ccccc1OCC1CC1)N(Cc1nccs1)CC1CC1. The molecule has 1 aromatic heterocycles. The summed E-state index contributed by atoms with van der Waals surface area (Å²) in [5.74, 6) is 2.07. The first-order valence-electron chi connectivity index (χ1n) is 8.94. The van der Waals surface area contributed by atoms with Gasteiger partial charge < -0.3 is 15.0 Å². The van der Waals surface area contributed by atoms with Gasteiger partial charge in [0.15, 0.2) is 0 Å². The molecule has 0 saturated heterocycles. The van der Waals surface area contributed by atoms with Crippen LogP contribution in [-0.4, -0.2) is 29.1 Å². The van der Waals surface area contributed by atoms with Crippen LogP contribution in [0.5, 0.6) is 5.75 Å². The third-order valence-electron chi connectivity index (χ3n) is 4.57. The van der Waals surface area contributed by atoms with E-state index in [9.17, 15) is 4.79 Å². The van der Waals surface area contributed by atoms with Crippen molar-refractivity contribution in [2.45, 2.75) is 32.2 Å². The zero-order valence-corrected chi connectivity index (χ0v) is 15.0. The summed E-state index contributed by atoms with van der Waals surface area (Å²) in [7, 11) is 0. The molecule has 2 saturated carbocycles. The Morgan fingerprint density at radius 1 is 1.24 bits per heavy atom. The second-order valence-corrected chi connectivity index (χ2v) is 7.91. The number of carbonyl (C=O) groups excluding carboxylic acids is 1. The first kappa shape index (κ1) is 16.4. The summed E-state index contributed by atoms with van der Waals surface area (Å²) >= 11 is 1.59. The van der Waals surface area contributed by atoms with E-state index in [-0.39, 0.29) is 6.03 Å². The van der Waals surface area contributed by atoms with E-state index >= 15 is 0 Å². The highest BCUT2D eigenvalue weighted by Crippen LogP contribution is 2.33. The van der Waals surface area contributed by atoms with E-state index in [1.165, 1.54) is 25.7 Å². The maximum Gasteiger partial charge on any atom is 0.322 e. The molecule has 25 heavy (non-hydrogen) atoms. The normalized spacial score (nSPS) is 16.5. The van der Waals surface area contributed by atoms with Crippen LogP contribution in [0.3, 0.4) is 0 Å². The highest BCUT2D eigenvalue weighted by atomic mass is 32.1. The number of aromatic nitrogens is 1. The Bertz CT molecular complexity index is 711. The van der Waals surface area contributed by atoms with E-state index in [2.05, 4.69) is 10.3 Å². The Morgan fingerprint density at radius 2 is 2.04 bits per heavy atom. The predicted octanol–water partition coefficient (Wildman–Crippen LogP) is 4.38. The molecule has 0 radical (unpaired) electrons. The average molecular weight is 357 g/mol. The number of hydrogen-bond donors (Lipinski definition) is 1. The number of benzene rings is 1. The number of rotatable bonds is 8. The van der Waals surface area contributed by atoms with Gasteiger partial charge in [0.2, 0.25) is 0 Å². The van der Waals surface area contributed by atoms with Gasteiger partial charge in [-0.05, 0) is 49.7 Å². The third kappa shape index (κ3) is 4.72. The van der Waals surface area contributed by atoms with Crippen molar-refractivity contribution in [2.75, 3.05) is 18.5 Å². The minimum atomic E-state index is -0.0791. The molecule has 0 spiro atoms. The van der Waals surface area contributed by atoms with Crippen LogP contribution in [0.1, 0.15) is 30.7 Å². The molecule has 5 nitrogen and oxygen atoms in total. The number of nitrogens with zero attached hydrogens (tertiary/aromatic N) is 2. The Hall–Kier alpha value is -2.08. The van der Waals surface area contributed by atoms with Crippen molar-refractivity contribution in [1.82, 2.24) is 9.88 Å². The van der Waals surface area contributed by atoms with Crippen molar-refractivity contribution in [1.29, 1.82) is 0 Å². The Balaban J connectivity index is 1.42. The van der Waals surface area contributed by atoms with Crippen LogP contribution in [0.15, 0.2) is 35.8 Å². The number of amides is 2. The molecule has 1 aromatic carbocycles.